The molecule has 150 valence electrons. The summed E-state index contributed by atoms with van der Waals surface area (Å²) in [6, 6.07) is 17.8. The van der Waals surface area contributed by atoms with Gasteiger partial charge in [-0.15, -0.1) is 0 Å². The Morgan fingerprint density at radius 2 is 1.25 bits per heavy atom. The number of hydrogen-bond acceptors (Lipinski definition) is 6. The summed E-state index contributed by atoms with van der Waals surface area (Å²) < 4.78 is 5.40. The van der Waals surface area contributed by atoms with E-state index in [4.69, 9.17) is 4.74 Å². The molecule has 0 aliphatic rings. The minimum atomic E-state index is -1.84. The third-order valence-electron chi connectivity index (χ3n) is 4.13. The van der Waals surface area contributed by atoms with Crippen LogP contribution in [0.25, 0.3) is 12.2 Å². The molecule has 0 bridgehead atoms. The average molecular weight is 386 g/mol. The SMILES string of the molecule is CCOC(=Cc1ccccc1)C(O)C(O)C(O)C(O)C(O)=Cc1ccccc1. The summed E-state index contributed by atoms with van der Waals surface area (Å²) in [6.07, 6.45) is -4.21. The molecule has 4 atom stereocenters. The highest BCUT2D eigenvalue weighted by atomic mass is 16.5. The van der Waals surface area contributed by atoms with Crippen LogP contribution in [0.5, 0.6) is 0 Å². The molecule has 2 aromatic rings. The maximum atomic E-state index is 10.4. The molecular formula is C22H26O6. The number of benzene rings is 2. The van der Waals surface area contributed by atoms with Crippen molar-refractivity contribution in [2.75, 3.05) is 6.61 Å². The molecule has 0 aromatic heterocycles. The molecular weight excluding hydrogens is 360 g/mol. The third-order valence-corrected chi connectivity index (χ3v) is 4.13. The first kappa shape index (κ1) is 21.7. The van der Waals surface area contributed by atoms with Crippen molar-refractivity contribution in [1.29, 1.82) is 0 Å². The Hall–Kier alpha value is -2.64. The molecule has 2 rings (SSSR count). The van der Waals surface area contributed by atoms with Gasteiger partial charge in [0, 0.05) is 0 Å². The number of aliphatic hydroxyl groups is 5. The molecule has 6 nitrogen and oxygen atoms in total. The zero-order chi connectivity index (χ0) is 20.5. The molecule has 4 unspecified atom stereocenters. The molecule has 0 aliphatic carbocycles. The third kappa shape index (κ3) is 5.94. The number of hydrogen-bond donors (Lipinski definition) is 5. The maximum Gasteiger partial charge on any atom is 0.139 e. The molecule has 0 fully saturated rings. The minimum absolute atomic E-state index is 0.0407. The Kier molecular flexibility index (Phi) is 8.22. The predicted molar refractivity (Wildman–Crippen MR) is 107 cm³/mol. The lowest BCUT2D eigenvalue weighted by molar-refractivity contribution is -0.103. The molecule has 0 saturated heterocycles. The second-order valence-electron chi connectivity index (χ2n) is 6.24. The Morgan fingerprint density at radius 3 is 1.75 bits per heavy atom. The van der Waals surface area contributed by atoms with E-state index in [0.717, 1.165) is 5.56 Å². The normalized spacial score (nSPS) is 16.9. The lowest BCUT2D eigenvalue weighted by Crippen LogP contribution is -2.46. The predicted octanol–water partition coefficient (Wildman–Crippen LogP) is 2.11. The van der Waals surface area contributed by atoms with Crippen LogP contribution in [0.15, 0.2) is 72.2 Å². The quantitative estimate of drug-likeness (QED) is 0.422. The van der Waals surface area contributed by atoms with Gasteiger partial charge in [-0.1, -0.05) is 60.7 Å². The van der Waals surface area contributed by atoms with Gasteiger partial charge in [-0.25, -0.2) is 0 Å². The van der Waals surface area contributed by atoms with E-state index >= 15 is 0 Å². The van der Waals surface area contributed by atoms with Gasteiger partial charge >= 0.3 is 0 Å². The van der Waals surface area contributed by atoms with Crippen molar-refractivity contribution in [3.63, 3.8) is 0 Å². The summed E-state index contributed by atoms with van der Waals surface area (Å²) in [6.45, 7) is 1.96. The van der Waals surface area contributed by atoms with E-state index in [1.807, 2.05) is 18.2 Å². The van der Waals surface area contributed by atoms with Gasteiger partial charge in [0.25, 0.3) is 0 Å². The Balaban J connectivity index is 2.15. The van der Waals surface area contributed by atoms with Crippen molar-refractivity contribution in [3.05, 3.63) is 83.3 Å². The highest BCUT2D eigenvalue weighted by Crippen LogP contribution is 2.20. The number of ether oxygens (including phenoxy) is 1. The van der Waals surface area contributed by atoms with E-state index < -0.39 is 30.2 Å². The Bertz CT molecular complexity index is 772. The van der Waals surface area contributed by atoms with Crippen LogP contribution in [-0.2, 0) is 4.74 Å². The van der Waals surface area contributed by atoms with E-state index in [9.17, 15) is 25.5 Å². The van der Waals surface area contributed by atoms with Gasteiger partial charge in [-0.05, 0) is 30.2 Å². The van der Waals surface area contributed by atoms with Crippen LogP contribution in [0.2, 0.25) is 0 Å². The van der Waals surface area contributed by atoms with Gasteiger partial charge in [0.2, 0.25) is 0 Å². The van der Waals surface area contributed by atoms with Crippen LogP contribution in [0.4, 0.5) is 0 Å². The van der Waals surface area contributed by atoms with Crippen LogP contribution < -0.4 is 0 Å². The largest absolute Gasteiger partial charge is 0.509 e. The molecule has 0 aliphatic heterocycles. The monoisotopic (exact) mass is 386 g/mol. The van der Waals surface area contributed by atoms with Gasteiger partial charge in [-0.3, -0.25) is 0 Å². The summed E-state index contributed by atoms with van der Waals surface area (Å²) >= 11 is 0. The smallest absolute Gasteiger partial charge is 0.139 e. The van der Waals surface area contributed by atoms with Gasteiger partial charge in [0.1, 0.15) is 35.9 Å². The standard InChI is InChI=1S/C22H26O6/c1-2-28-18(14-16-11-7-4-8-12-16)20(25)22(27)21(26)19(24)17(23)13-15-9-5-3-6-10-15/h3-14,19-27H,2H2,1H3. The van der Waals surface area contributed by atoms with E-state index in [-0.39, 0.29) is 12.4 Å². The second kappa shape index (κ2) is 10.6. The van der Waals surface area contributed by atoms with Crippen molar-refractivity contribution in [2.45, 2.75) is 31.3 Å². The van der Waals surface area contributed by atoms with Gasteiger partial charge < -0.3 is 30.3 Å². The molecule has 0 spiro atoms. The highest BCUT2D eigenvalue weighted by Gasteiger charge is 2.35. The number of aliphatic hydroxyl groups excluding tert-OH is 5. The molecule has 0 radical (unpaired) electrons. The summed E-state index contributed by atoms with van der Waals surface area (Å²) in [7, 11) is 0. The zero-order valence-corrected chi connectivity index (χ0v) is 15.6. The zero-order valence-electron chi connectivity index (χ0n) is 15.6. The van der Waals surface area contributed by atoms with E-state index in [1.54, 1.807) is 49.4 Å². The fourth-order valence-corrected chi connectivity index (χ4v) is 2.61. The van der Waals surface area contributed by atoms with Gasteiger partial charge in [0.15, 0.2) is 0 Å². The number of rotatable bonds is 9. The van der Waals surface area contributed by atoms with Crippen molar-refractivity contribution in [2.24, 2.45) is 0 Å². The lowest BCUT2D eigenvalue weighted by Gasteiger charge is -2.27. The van der Waals surface area contributed by atoms with E-state index in [1.165, 1.54) is 12.2 Å². The Morgan fingerprint density at radius 1 is 0.786 bits per heavy atom. The van der Waals surface area contributed by atoms with Crippen LogP contribution in [-0.4, -0.2) is 56.6 Å². The van der Waals surface area contributed by atoms with E-state index in [2.05, 4.69) is 0 Å². The molecule has 5 N–H and O–H groups in total. The van der Waals surface area contributed by atoms with Gasteiger partial charge in [-0.2, -0.15) is 0 Å². The molecule has 28 heavy (non-hydrogen) atoms. The molecule has 0 amide bonds. The van der Waals surface area contributed by atoms with Crippen molar-refractivity contribution >= 4 is 12.2 Å². The van der Waals surface area contributed by atoms with Crippen LogP contribution >= 0.6 is 0 Å². The summed E-state index contributed by atoms with van der Waals surface area (Å²) in [4.78, 5) is 0. The topological polar surface area (TPSA) is 110 Å². The van der Waals surface area contributed by atoms with Crippen LogP contribution in [0.3, 0.4) is 0 Å². The summed E-state index contributed by atoms with van der Waals surface area (Å²) in [5.41, 5.74) is 1.35. The second-order valence-corrected chi connectivity index (χ2v) is 6.24. The minimum Gasteiger partial charge on any atom is -0.509 e. The van der Waals surface area contributed by atoms with Crippen molar-refractivity contribution in [1.82, 2.24) is 0 Å². The van der Waals surface area contributed by atoms with Crippen LogP contribution in [0.1, 0.15) is 18.1 Å². The first-order valence-electron chi connectivity index (χ1n) is 9.01. The first-order valence-corrected chi connectivity index (χ1v) is 9.01. The molecule has 2 aromatic carbocycles. The first-order chi connectivity index (χ1) is 13.4. The summed E-state index contributed by atoms with van der Waals surface area (Å²) in [5.74, 6) is -0.492. The molecule has 6 heteroatoms. The fourth-order valence-electron chi connectivity index (χ4n) is 2.61. The van der Waals surface area contributed by atoms with Crippen molar-refractivity contribution < 1.29 is 30.3 Å². The van der Waals surface area contributed by atoms with E-state index in [0.29, 0.717) is 5.56 Å². The molecule has 0 saturated carbocycles. The molecule has 0 heterocycles. The summed E-state index contributed by atoms with van der Waals surface area (Å²) in [5, 5.41) is 51.2. The average Bonchev–Trinajstić information content (AvgIpc) is 2.72. The Labute approximate surface area is 164 Å². The lowest BCUT2D eigenvalue weighted by atomic mass is 9.98. The fraction of sp³-hybridized carbons (Fsp3) is 0.273. The van der Waals surface area contributed by atoms with Crippen LogP contribution in [0, 0.1) is 0 Å². The van der Waals surface area contributed by atoms with Gasteiger partial charge in [0.05, 0.1) is 6.61 Å². The van der Waals surface area contributed by atoms with Crippen molar-refractivity contribution in [3.8, 4) is 0 Å². The highest BCUT2D eigenvalue weighted by molar-refractivity contribution is 5.53. The maximum absolute atomic E-state index is 10.4.